The number of hydrogen-bond donors (Lipinski definition) is 1. The number of thioether (sulfide) groups is 1. The first-order chi connectivity index (χ1) is 18.6. The number of aryl methyl sites for hydroxylation is 1. The van der Waals surface area contributed by atoms with Crippen LogP contribution in [-0.4, -0.2) is 46.5 Å². The van der Waals surface area contributed by atoms with E-state index in [1.807, 2.05) is 24.3 Å². The lowest BCUT2D eigenvalue weighted by molar-refractivity contribution is -0.669. The second-order valence-electron chi connectivity index (χ2n) is 9.28. The Morgan fingerprint density at radius 2 is 1.72 bits per heavy atom. The lowest BCUT2D eigenvalue weighted by atomic mass is 10.2. The van der Waals surface area contributed by atoms with Crippen molar-refractivity contribution < 1.29 is 30.1 Å². The molecule has 1 aliphatic rings. The summed E-state index contributed by atoms with van der Waals surface area (Å²) in [5, 5.41) is 2.15. The zero-order chi connectivity index (χ0) is 28.0. The standard InChI is InChI=1S/C27H32N2O6S4/c1-21(19-26-28(15-7-9-17-38(30,31)32)22-11-3-5-13-24(22)36-26)20-27-29(16-8-10-18-39(33,34)35-2)23-12-4-6-14-25(23)37-27/h3-6,11-14,19-20H,7-10,15-18H2,1-2H3/p+1. The van der Waals surface area contributed by atoms with Gasteiger partial charge in [0.1, 0.15) is 4.70 Å². The van der Waals surface area contributed by atoms with Crippen molar-refractivity contribution >= 4 is 65.3 Å². The molecule has 210 valence electrons. The van der Waals surface area contributed by atoms with Crippen molar-refractivity contribution in [3.05, 3.63) is 70.2 Å². The van der Waals surface area contributed by atoms with Crippen LogP contribution in [0.25, 0.3) is 16.3 Å². The van der Waals surface area contributed by atoms with E-state index in [1.54, 1.807) is 23.1 Å². The molecule has 12 heteroatoms. The molecule has 0 fully saturated rings. The van der Waals surface area contributed by atoms with Crippen LogP contribution in [0, 0.1) is 0 Å². The van der Waals surface area contributed by atoms with E-state index in [9.17, 15) is 16.8 Å². The van der Waals surface area contributed by atoms with Crippen molar-refractivity contribution in [2.45, 2.75) is 44.0 Å². The molecule has 2 heterocycles. The van der Waals surface area contributed by atoms with E-state index in [1.165, 1.54) is 7.11 Å². The van der Waals surface area contributed by atoms with Gasteiger partial charge in [-0.3, -0.25) is 8.74 Å². The van der Waals surface area contributed by atoms with Gasteiger partial charge in [-0.05, 0) is 56.0 Å². The van der Waals surface area contributed by atoms with Crippen molar-refractivity contribution in [1.82, 2.24) is 0 Å². The van der Waals surface area contributed by atoms with Gasteiger partial charge in [0.15, 0.2) is 6.54 Å². The fourth-order valence-electron chi connectivity index (χ4n) is 4.40. The highest BCUT2D eigenvalue weighted by molar-refractivity contribution is 8.03. The summed E-state index contributed by atoms with van der Waals surface area (Å²) in [7, 11) is -6.24. The Kier molecular flexibility index (Phi) is 9.89. The number of thiazole rings is 1. The van der Waals surface area contributed by atoms with Crippen LogP contribution in [0.1, 0.15) is 37.6 Å². The largest absolute Gasteiger partial charge is 0.335 e. The molecule has 0 unspecified atom stereocenters. The van der Waals surface area contributed by atoms with Crippen LogP contribution in [0.4, 0.5) is 5.69 Å². The Bertz CT molecular complexity index is 1590. The first-order valence-corrected chi connectivity index (χ1v) is 17.5. The van der Waals surface area contributed by atoms with Gasteiger partial charge in [0.2, 0.25) is 5.52 Å². The summed E-state index contributed by atoms with van der Waals surface area (Å²) in [6.45, 7) is 3.40. The maximum Gasteiger partial charge on any atom is 0.267 e. The van der Waals surface area contributed by atoms with Crippen LogP contribution >= 0.6 is 23.1 Å². The molecule has 39 heavy (non-hydrogen) atoms. The summed E-state index contributed by atoms with van der Waals surface area (Å²) in [4.78, 5) is 3.35. The van der Waals surface area contributed by atoms with Gasteiger partial charge in [-0.25, -0.2) is 0 Å². The number of hydrogen-bond acceptors (Lipinski definition) is 8. The minimum absolute atomic E-state index is 0.000277. The molecular weight excluding hydrogens is 577 g/mol. The number of allylic oxidation sites excluding steroid dienone is 2. The highest BCUT2D eigenvalue weighted by Crippen LogP contribution is 2.46. The van der Waals surface area contributed by atoms with E-state index in [4.69, 9.17) is 4.55 Å². The summed E-state index contributed by atoms with van der Waals surface area (Å²) in [6.07, 6.45) is 6.54. The van der Waals surface area contributed by atoms with E-state index >= 15 is 0 Å². The van der Waals surface area contributed by atoms with Crippen molar-refractivity contribution in [3.63, 3.8) is 0 Å². The average Bonchev–Trinajstić information content (AvgIpc) is 3.41. The van der Waals surface area contributed by atoms with E-state index < -0.39 is 20.2 Å². The van der Waals surface area contributed by atoms with Gasteiger partial charge in [0.05, 0.1) is 29.3 Å². The highest BCUT2D eigenvalue weighted by atomic mass is 32.2. The number of fused-ring (bicyclic) bond motifs is 2. The summed E-state index contributed by atoms with van der Waals surface area (Å²) in [5.41, 5.74) is 3.28. The Morgan fingerprint density at radius 1 is 1.00 bits per heavy atom. The predicted octanol–water partition coefficient (Wildman–Crippen LogP) is 5.47. The van der Waals surface area contributed by atoms with Crippen LogP contribution in [0.3, 0.4) is 0 Å². The number of para-hydroxylation sites is 2. The fraction of sp³-hybridized carbons (Fsp3) is 0.370. The molecule has 0 radical (unpaired) electrons. The third-order valence-corrected chi connectivity index (χ3v) is 10.6. The number of unbranched alkanes of at least 4 members (excludes halogenated alkanes) is 2. The number of aromatic nitrogens is 1. The molecule has 2 aromatic carbocycles. The lowest BCUT2D eigenvalue weighted by Crippen LogP contribution is -2.35. The molecule has 0 saturated carbocycles. The normalized spacial score (nSPS) is 15.4. The molecule has 0 aliphatic carbocycles. The van der Waals surface area contributed by atoms with Crippen LogP contribution < -0.4 is 9.47 Å². The molecule has 0 bridgehead atoms. The average molecular weight is 610 g/mol. The Labute approximate surface area is 238 Å². The lowest BCUT2D eigenvalue weighted by Gasteiger charge is -2.20. The molecule has 3 aromatic rings. The summed E-state index contributed by atoms with van der Waals surface area (Å²) in [5.74, 6) is -0.239. The van der Waals surface area contributed by atoms with Crippen LogP contribution in [0.2, 0.25) is 0 Å². The van der Waals surface area contributed by atoms with Crippen LogP contribution in [0.5, 0.6) is 0 Å². The molecule has 1 N–H and O–H groups in total. The number of rotatable bonds is 13. The van der Waals surface area contributed by atoms with E-state index in [2.05, 4.69) is 57.0 Å². The Morgan fingerprint density at radius 3 is 2.49 bits per heavy atom. The first kappa shape index (κ1) is 29.8. The Balaban J connectivity index is 1.56. The van der Waals surface area contributed by atoms with Gasteiger partial charge in [0, 0.05) is 30.0 Å². The van der Waals surface area contributed by atoms with Crippen molar-refractivity contribution in [3.8, 4) is 0 Å². The third kappa shape index (κ3) is 8.15. The summed E-state index contributed by atoms with van der Waals surface area (Å²) in [6, 6.07) is 16.3. The molecule has 1 aromatic heterocycles. The number of nitrogens with zero attached hydrogens (tertiary/aromatic N) is 2. The van der Waals surface area contributed by atoms with Gasteiger partial charge >= 0.3 is 0 Å². The van der Waals surface area contributed by atoms with Gasteiger partial charge in [-0.1, -0.05) is 47.4 Å². The smallest absolute Gasteiger partial charge is 0.267 e. The zero-order valence-corrected chi connectivity index (χ0v) is 25.2. The molecule has 0 spiro atoms. The highest BCUT2D eigenvalue weighted by Gasteiger charge is 2.25. The molecule has 4 rings (SSSR count). The predicted molar refractivity (Wildman–Crippen MR) is 159 cm³/mol. The van der Waals surface area contributed by atoms with Crippen molar-refractivity contribution in [2.24, 2.45) is 0 Å². The van der Waals surface area contributed by atoms with Gasteiger partial charge < -0.3 is 4.90 Å². The number of benzene rings is 2. The van der Waals surface area contributed by atoms with Crippen molar-refractivity contribution in [2.75, 3.05) is 30.1 Å². The summed E-state index contributed by atoms with van der Waals surface area (Å²) >= 11 is 3.38. The van der Waals surface area contributed by atoms with E-state index in [0.717, 1.165) is 36.4 Å². The molecule has 0 amide bonds. The maximum atomic E-state index is 11.7. The third-order valence-electron chi connectivity index (χ3n) is 6.29. The second kappa shape index (κ2) is 13.0. The fourth-order valence-corrected chi connectivity index (χ4v) is 8.09. The minimum atomic E-state index is -3.96. The minimum Gasteiger partial charge on any atom is -0.335 e. The second-order valence-corrected chi connectivity index (χ2v) is 14.8. The van der Waals surface area contributed by atoms with E-state index in [0.29, 0.717) is 38.8 Å². The number of anilines is 1. The molecule has 8 nitrogen and oxygen atoms in total. The topological polar surface area (TPSA) is 105 Å². The molecule has 0 saturated heterocycles. The molecule has 1 aliphatic heterocycles. The zero-order valence-electron chi connectivity index (χ0n) is 21.9. The summed E-state index contributed by atoms with van der Waals surface area (Å²) < 4.78 is 62.7. The van der Waals surface area contributed by atoms with Crippen LogP contribution in [0.15, 0.2) is 70.1 Å². The molecule has 0 atom stereocenters. The quantitative estimate of drug-likeness (QED) is 0.118. The Hall–Kier alpha value is -2.22. The van der Waals surface area contributed by atoms with Gasteiger partial charge in [0.25, 0.3) is 25.2 Å². The molecular formula is C27H33N2O6S4+. The first-order valence-electron chi connectivity index (χ1n) is 12.7. The van der Waals surface area contributed by atoms with Crippen molar-refractivity contribution in [1.29, 1.82) is 0 Å². The monoisotopic (exact) mass is 609 g/mol. The van der Waals surface area contributed by atoms with E-state index in [-0.39, 0.29) is 11.5 Å². The van der Waals surface area contributed by atoms with Gasteiger partial charge in [-0.15, -0.1) is 0 Å². The van der Waals surface area contributed by atoms with Crippen LogP contribution in [-0.2, 0) is 31.0 Å². The SMILES string of the molecule is COS(=O)(=O)CCCC[n+]1c(C=C(C)C=C2Sc3ccccc3N2CCCCS(=O)(=O)O)sc2ccccc21. The van der Waals surface area contributed by atoms with Gasteiger partial charge in [-0.2, -0.15) is 21.4 Å². The maximum absolute atomic E-state index is 11.7.